The summed E-state index contributed by atoms with van der Waals surface area (Å²) in [6.45, 7) is 3.75. The molecule has 0 aliphatic carbocycles. The lowest BCUT2D eigenvalue weighted by Crippen LogP contribution is -1.85. The molecule has 0 aromatic heterocycles. The minimum absolute atomic E-state index is 0.190. The first-order valence-corrected chi connectivity index (χ1v) is 7.45. The summed E-state index contributed by atoms with van der Waals surface area (Å²) in [6.07, 6.45) is 5.26. The van der Waals surface area contributed by atoms with Gasteiger partial charge in [-0.2, -0.15) is 0 Å². The van der Waals surface area contributed by atoms with Gasteiger partial charge < -0.3 is 0 Å². The van der Waals surface area contributed by atoms with Crippen LogP contribution < -0.4 is 0 Å². The van der Waals surface area contributed by atoms with E-state index in [2.05, 4.69) is 55.5 Å². The van der Waals surface area contributed by atoms with Crippen LogP contribution in [0.15, 0.2) is 42.5 Å². The highest BCUT2D eigenvalue weighted by Gasteiger charge is 2.00. The lowest BCUT2D eigenvalue weighted by molar-refractivity contribution is -0.109. The molecule has 0 spiro atoms. The molecule has 2 rings (SSSR count). The van der Waals surface area contributed by atoms with E-state index in [4.69, 9.17) is 0 Å². The minimum Gasteiger partial charge on any atom is -0.288 e. The number of rotatable bonds is 4. The fraction of sp³-hybridized carbons (Fsp3) is 0.235. The Bertz CT molecular complexity index is 614. The van der Waals surface area contributed by atoms with E-state index < -0.39 is 0 Å². The predicted molar refractivity (Wildman–Crippen MR) is 85.5 cm³/mol. The molecular formula is C17H18OS. The number of benzene rings is 2. The molecule has 19 heavy (non-hydrogen) atoms. The molecule has 0 radical (unpaired) electrons. The van der Waals surface area contributed by atoms with Gasteiger partial charge in [-0.1, -0.05) is 60.3 Å². The zero-order chi connectivity index (χ0) is 13.7. The number of fused-ring (bicyclic) bond motifs is 1. The van der Waals surface area contributed by atoms with Gasteiger partial charge in [0.15, 0.2) is 5.12 Å². The lowest BCUT2D eigenvalue weighted by atomic mass is 9.99. The molecule has 0 saturated heterocycles. The van der Waals surface area contributed by atoms with Crippen LogP contribution in [0.3, 0.4) is 0 Å². The van der Waals surface area contributed by atoms with Gasteiger partial charge in [-0.05, 0) is 35.2 Å². The zero-order valence-corrected chi connectivity index (χ0v) is 12.2. The predicted octanol–water partition coefficient (Wildman–Crippen LogP) is 4.83. The van der Waals surface area contributed by atoms with Crippen molar-refractivity contribution in [3.63, 3.8) is 0 Å². The average molecular weight is 270 g/mol. The van der Waals surface area contributed by atoms with Gasteiger partial charge in [-0.25, -0.2) is 0 Å². The molecule has 0 aliphatic rings. The molecule has 2 aromatic rings. The van der Waals surface area contributed by atoms with Gasteiger partial charge in [0.25, 0.3) is 0 Å². The highest BCUT2D eigenvalue weighted by molar-refractivity contribution is 8.13. The molecule has 0 heterocycles. The van der Waals surface area contributed by atoms with Crippen LogP contribution >= 0.6 is 11.8 Å². The molecule has 0 N–H and O–H groups in total. The first-order chi connectivity index (χ1) is 9.18. The van der Waals surface area contributed by atoms with Gasteiger partial charge in [-0.15, -0.1) is 0 Å². The smallest absolute Gasteiger partial charge is 0.185 e. The zero-order valence-electron chi connectivity index (χ0n) is 11.3. The van der Waals surface area contributed by atoms with Gasteiger partial charge >= 0.3 is 0 Å². The van der Waals surface area contributed by atoms with E-state index in [-0.39, 0.29) is 5.12 Å². The third kappa shape index (κ3) is 3.71. The molecule has 2 aromatic carbocycles. The van der Waals surface area contributed by atoms with E-state index >= 15 is 0 Å². The molecule has 1 nitrogen and oxygen atoms in total. The van der Waals surface area contributed by atoms with Crippen molar-refractivity contribution in [1.29, 1.82) is 0 Å². The van der Waals surface area contributed by atoms with Crippen LogP contribution in [0, 0.1) is 6.92 Å². The van der Waals surface area contributed by atoms with Gasteiger partial charge in [0.2, 0.25) is 0 Å². The Morgan fingerprint density at radius 3 is 2.79 bits per heavy atom. The Morgan fingerprint density at radius 1 is 1.21 bits per heavy atom. The molecule has 0 atom stereocenters. The van der Waals surface area contributed by atoms with Crippen molar-refractivity contribution in [3.05, 3.63) is 53.6 Å². The summed E-state index contributed by atoms with van der Waals surface area (Å²) in [5, 5.41) is 2.75. The summed E-state index contributed by atoms with van der Waals surface area (Å²) < 4.78 is 0. The summed E-state index contributed by atoms with van der Waals surface area (Å²) >= 11 is 1.38. The average Bonchev–Trinajstić information content (AvgIpc) is 2.40. The quantitative estimate of drug-likeness (QED) is 0.740. The van der Waals surface area contributed by atoms with Crippen molar-refractivity contribution in [2.24, 2.45) is 0 Å². The van der Waals surface area contributed by atoms with Crippen molar-refractivity contribution in [1.82, 2.24) is 0 Å². The van der Waals surface area contributed by atoms with E-state index in [0.717, 1.165) is 12.2 Å². The first-order valence-electron chi connectivity index (χ1n) is 6.47. The third-order valence-corrected chi connectivity index (χ3v) is 3.91. The number of allylic oxidation sites excluding steroid dienone is 1. The van der Waals surface area contributed by atoms with E-state index in [1.165, 1.54) is 33.7 Å². The normalized spacial score (nSPS) is 11.3. The monoisotopic (exact) mass is 270 g/mol. The number of thioether (sulfide) groups is 1. The van der Waals surface area contributed by atoms with Gasteiger partial charge in [0.05, 0.1) is 0 Å². The Kier molecular flexibility index (Phi) is 4.80. The standard InChI is InChI=1S/C17H18OS/c1-13-10-11-15-7-3-4-9-17(15)16(13)8-5-6-12-19-14(2)18/h3-5,7-11H,6,12H2,1-2H3. The topological polar surface area (TPSA) is 17.1 Å². The fourth-order valence-corrected chi connectivity index (χ4v) is 2.64. The molecule has 0 amide bonds. The number of hydrogen-bond donors (Lipinski definition) is 0. The largest absolute Gasteiger partial charge is 0.288 e. The summed E-state index contributed by atoms with van der Waals surface area (Å²) in [5.74, 6) is 0.857. The molecule has 0 unspecified atom stereocenters. The van der Waals surface area contributed by atoms with Crippen molar-refractivity contribution in [2.45, 2.75) is 20.3 Å². The van der Waals surface area contributed by atoms with Crippen molar-refractivity contribution >= 4 is 33.7 Å². The second-order valence-corrected chi connectivity index (χ2v) is 5.82. The van der Waals surface area contributed by atoms with Gasteiger partial charge in [0, 0.05) is 12.7 Å². The maximum Gasteiger partial charge on any atom is 0.185 e. The van der Waals surface area contributed by atoms with Gasteiger partial charge in [0.1, 0.15) is 0 Å². The van der Waals surface area contributed by atoms with Crippen molar-refractivity contribution in [3.8, 4) is 0 Å². The van der Waals surface area contributed by atoms with E-state index in [1.807, 2.05) is 0 Å². The molecule has 98 valence electrons. The summed E-state index contributed by atoms with van der Waals surface area (Å²) in [6, 6.07) is 12.8. The molecule has 0 saturated carbocycles. The fourth-order valence-electron chi connectivity index (χ4n) is 2.10. The summed E-state index contributed by atoms with van der Waals surface area (Å²) in [4.78, 5) is 10.8. The van der Waals surface area contributed by atoms with Crippen molar-refractivity contribution in [2.75, 3.05) is 5.75 Å². The first kappa shape index (κ1) is 13.9. The highest BCUT2D eigenvalue weighted by Crippen LogP contribution is 2.23. The van der Waals surface area contributed by atoms with Crippen LogP contribution in [0.1, 0.15) is 24.5 Å². The van der Waals surface area contributed by atoms with E-state index in [9.17, 15) is 4.79 Å². The second kappa shape index (κ2) is 6.58. The molecular weight excluding hydrogens is 252 g/mol. The Balaban J connectivity index is 2.17. The number of carbonyl (C=O) groups is 1. The molecule has 2 heteroatoms. The SMILES string of the molecule is CC(=O)SCCC=Cc1c(C)ccc2ccccc12. The lowest BCUT2D eigenvalue weighted by Gasteiger charge is -2.06. The van der Waals surface area contributed by atoms with E-state index in [0.29, 0.717) is 0 Å². The summed E-state index contributed by atoms with van der Waals surface area (Å²) in [5.41, 5.74) is 2.57. The summed E-state index contributed by atoms with van der Waals surface area (Å²) in [7, 11) is 0. The second-order valence-electron chi connectivity index (χ2n) is 4.55. The number of hydrogen-bond acceptors (Lipinski definition) is 2. The molecule has 0 fully saturated rings. The van der Waals surface area contributed by atoms with Crippen LogP contribution in [0.2, 0.25) is 0 Å². The van der Waals surface area contributed by atoms with Crippen LogP contribution in [0.4, 0.5) is 0 Å². The molecule has 0 aliphatic heterocycles. The van der Waals surface area contributed by atoms with Crippen LogP contribution in [-0.2, 0) is 4.79 Å². The van der Waals surface area contributed by atoms with E-state index in [1.54, 1.807) is 6.92 Å². The minimum atomic E-state index is 0.190. The van der Waals surface area contributed by atoms with Gasteiger partial charge in [-0.3, -0.25) is 4.79 Å². The maximum absolute atomic E-state index is 10.8. The maximum atomic E-state index is 10.8. The van der Waals surface area contributed by atoms with Crippen LogP contribution in [0.5, 0.6) is 0 Å². The number of carbonyl (C=O) groups excluding carboxylic acids is 1. The number of aryl methyl sites for hydroxylation is 1. The Hall–Kier alpha value is -1.54. The van der Waals surface area contributed by atoms with Crippen LogP contribution in [-0.4, -0.2) is 10.9 Å². The Labute approximate surface area is 118 Å². The third-order valence-electron chi connectivity index (χ3n) is 3.06. The van der Waals surface area contributed by atoms with Crippen LogP contribution in [0.25, 0.3) is 16.8 Å². The highest BCUT2D eigenvalue weighted by atomic mass is 32.2. The van der Waals surface area contributed by atoms with Crippen molar-refractivity contribution < 1.29 is 4.79 Å². The Morgan fingerprint density at radius 2 is 2.00 bits per heavy atom. The molecule has 0 bridgehead atoms.